The minimum absolute atomic E-state index is 0. The van der Waals surface area contributed by atoms with E-state index in [1.807, 2.05) is 25.1 Å². The predicted molar refractivity (Wildman–Crippen MR) is 112 cm³/mol. The SMILES string of the molecule is CCOC(=O)C1CCC(NC(=NC)NCc2cccc(C#N)c2)CC1.I. The van der Waals surface area contributed by atoms with Crippen LogP contribution in [0.5, 0.6) is 0 Å². The fourth-order valence-electron chi connectivity index (χ4n) is 3.06. The fraction of sp³-hybridized carbons (Fsp3) is 0.526. The Balaban J connectivity index is 0.00000338. The van der Waals surface area contributed by atoms with Gasteiger partial charge in [0.05, 0.1) is 24.2 Å². The number of ether oxygens (including phenoxy) is 1. The van der Waals surface area contributed by atoms with E-state index in [4.69, 9.17) is 10.00 Å². The third kappa shape index (κ3) is 6.83. The zero-order valence-corrected chi connectivity index (χ0v) is 17.7. The van der Waals surface area contributed by atoms with Gasteiger partial charge in [0.1, 0.15) is 0 Å². The van der Waals surface area contributed by atoms with Crippen LogP contribution >= 0.6 is 24.0 Å². The van der Waals surface area contributed by atoms with E-state index in [1.54, 1.807) is 13.1 Å². The monoisotopic (exact) mass is 470 g/mol. The Morgan fingerprint density at radius 2 is 2.08 bits per heavy atom. The standard InChI is InChI=1S/C19H26N4O2.HI/c1-3-25-18(24)16-7-9-17(10-8-16)23-19(21-2)22-13-15-6-4-5-14(11-15)12-20;/h4-6,11,16-17H,3,7-10,13H2,1-2H3,(H2,21,22,23);1H. The number of esters is 1. The number of nitrogens with one attached hydrogen (secondary N) is 2. The van der Waals surface area contributed by atoms with Crippen LogP contribution in [-0.2, 0) is 16.1 Å². The zero-order chi connectivity index (χ0) is 18.1. The molecule has 0 saturated heterocycles. The molecule has 2 rings (SSSR count). The second-order valence-corrected chi connectivity index (χ2v) is 6.18. The molecular weight excluding hydrogens is 443 g/mol. The van der Waals surface area contributed by atoms with Gasteiger partial charge >= 0.3 is 5.97 Å². The topological polar surface area (TPSA) is 86.5 Å². The van der Waals surface area contributed by atoms with Crippen LogP contribution in [0.15, 0.2) is 29.3 Å². The van der Waals surface area contributed by atoms with Crippen molar-refractivity contribution < 1.29 is 9.53 Å². The summed E-state index contributed by atoms with van der Waals surface area (Å²) in [5.41, 5.74) is 1.69. The van der Waals surface area contributed by atoms with E-state index in [0.29, 0.717) is 24.8 Å². The van der Waals surface area contributed by atoms with E-state index in [1.165, 1.54) is 0 Å². The number of nitrogens with zero attached hydrogens (tertiary/aromatic N) is 2. The minimum Gasteiger partial charge on any atom is -0.466 e. The molecule has 1 aliphatic carbocycles. The van der Waals surface area contributed by atoms with Crippen LogP contribution in [0.25, 0.3) is 0 Å². The largest absolute Gasteiger partial charge is 0.466 e. The molecule has 0 unspecified atom stereocenters. The summed E-state index contributed by atoms with van der Waals surface area (Å²) >= 11 is 0. The third-order valence-electron chi connectivity index (χ3n) is 4.43. The number of carbonyl (C=O) groups is 1. The Labute approximate surface area is 172 Å². The molecule has 0 bridgehead atoms. The second kappa shape index (κ2) is 11.7. The van der Waals surface area contributed by atoms with Crippen LogP contribution in [0, 0.1) is 17.2 Å². The minimum atomic E-state index is -0.0687. The van der Waals surface area contributed by atoms with Gasteiger partial charge < -0.3 is 15.4 Å². The molecule has 0 heterocycles. The van der Waals surface area contributed by atoms with Crippen molar-refractivity contribution in [3.63, 3.8) is 0 Å². The lowest BCUT2D eigenvalue weighted by atomic mass is 9.86. The first-order valence-corrected chi connectivity index (χ1v) is 8.79. The van der Waals surface area contributed by atoms with E-state index in [0.717, 1.165) is 37.2 Å². The number of carbonyl (C=O) groups excluding carboxylic acids is 1. The van der Waals surface area contributed by atoms with Gasteiger partial charge in [0.15, 0.2) is 5.96 Å². The van der Waals surface area contributed by atoms with E-state index < -0.39 is 0 Å². The van der Waals surface area contributed by atoms with Gasteiger partial charge in [-0.05, 0) is 50.3 Å². The summed E-state index contributed by atoms with van der Waals surface area (Å²) in [6.07, 6.45) is 3.54. The Kier molecular flexibility index (Phi) is 10.0. The zero-order valence-electron chi connectivity index (χ0n) is 15.3. The Bertz CT molecular complexity index is 649. The van der Waals surface area contributed by atoms with Crippen molar-refractivity contribution in [1.29, 1.82) is 5.26 Å². The Morgan fingerprint density at radius 1 is 1.35 bits per heavy atom. The highest BCUT2D eigenvalue weighted by Gasteiger charge is 2.27. The van der Waals surface area contributed by atoms with Crippen molar-refractivity contribution in [1.82, 2.24) is 10.6 Å². The van der Waals surface area contributed by atoms with E-state index in [9.17, 15) is 4.79 Å². The summed E-state index contributed by atoms with van der Waals surface area (Å²) in [6, 6.07) is 9.96. The highest BCUT2D eigenvalue weighted by molar-refractivity contribution is 14.0. The molecule has 142 valence electrons. The second-order valence-electron chi connectivity index (χ2n) is 6.18. The lowest BCUT2D eigenvalue weighted by molar-refractivity contribution is -0.149. The highest BCUT2D eigenvalue weighted by atomic mass is 127. The number of hydrogen-bond donors (Lipinski definition) is 2. The maximum Gasteiger partial charge on any atom is 0.308 e. The Hall–Kier alpha value is -1.82. The first kappa shape index (κ1) is 22.2. The van der Waals surface area contributed by atoms with Crippen molar-refractivity contribution in [3.05, 3.63) is 35.4 Å². The molecule has 0 radical (unpaired) electrons. The average molecular weight is 470 g/mol. The highest BCUT2D eigenvalue weighted by Crippen LogP contribution is 2.25. The molecule has 2 N–H and O–H groups in total. The first-order valence-electron chi connectivity index (χ1n) is 8.79. The van der Waals surface area contributed by atoms with Gasteiger partial charge in [-0.25, -0.2) is 0 Å². The van der Waals surface area contributed by atoms with Gasteiger partial charge in [-0.1, -0.05) is 12.1 Å². The summed E-state index contributed by atoms with van der Waals surface area (Å²) in [5, 5.41) is 15.7. The molecule has 26 heavy (non-hydrogen) atoms. The Morgan fingerprint density at radius 3 is 2.69 bits per heavy atom. The molecule has 1 aromatic carbocycles. The van der Waals surface area contributed by atoms with Crippen LogP contribution in [0.3, 0.4) is 0 Å². The van der Waals surface area contributed by atoms with Crippen molar-refractivity contribution in [2.75, 3.05) is 13.7 Å². The summed E-state index contributed by atoms with van der Waals surface area (Å²) < 4.78 is 5.11. The van der Waals surface area contributed by atoms with Gasteiger partial charge in [0.2, 0.25) is 0 Å². The van der Waals surface area contributed by atoms with Gasteiger partial charge in [-0.3, -0.25) is 9.79 Å². The number of halogens is 1. The van der Waals surface area contributed by atoms with Gasteiger partial charge in [0, 0.05) is 19.6 Å². The maximum atomic E-state index is 11.8. The van der Waals surface area contributed by atoms with Crippen molar-refractivity contribution in [2.24, 2.45) is 10.9 Å². The number of nitriles is 1. The van der Waals surface area contributed by atoms with Crippen LogP contribution in [0.4, 0.5) is 0 Å². The van der Waals surface area contributed by atoms with E-state index >= 15 is 0 Å². The van der Waals surface area contributed by atoms with E-state index in [-0.39, 0.29) is 35.9 Å². The molecule has 1 fully saturated rings. The van der Waals surface area contributed by atoms with Crippen LogP contribution < -0.4 is 10.6 Å². The summed E-state index contributed by atoms with van der Waals surface area (Å²) in [5.74, 6) is 0.699. The molecule has 0 aromatic heterocycles. The molecular formula is C19H27IN4O2. The number of guanidine groups is 1. The molecule has 0 amide bonds. The number of hydrogen-bond acceptors (Lipinski definition) is 4. The number of aliphatic imine (C=N–C) groups is 1. The van der Waals surface area contributed by atoms with Crippen LogP contribution in [0.1, 0.15) is 43.7 Å². The number of rotatable bonds is 5. The van der Waals surface area contributed by atoms with Crippen LogP contribution in [-0.4, -0.2) is 31.6 Å². The van der Waals surface area contributed by atoms with Crippen molar-refractivity contribution in [3.8, 4) is 6.07 Å². The van der Waals surface area contributed by atoms with Gasteiger partial charge in [0.25, 0.3) is 0 Å². The summed E-state index contributed by atoms with van der Waals surface area (Å²) in [6.45, 7) is 2.89. The summed E-state index contributed by atoms with van der Waals surface area (Å²) in [7, 11) is 1.74. The fourth-order valence-corrected chi connectivity index (χ4v) is 3.06. The molecule has 1 saturated carbocycles. The molecule has 1 aliphatic rings. The maximum absolute atomic E-state index is 11.8. The van der Waals surface area contributed by atoms with Crippen molar-refractivity contribution in [2.45, 2.75) is 45.2 Å². The molecule has 1 aromatic rings. The lowest BCUT2D eigenvalue weighted by Gasteiger charge is -2.29. The molecule has 0 spiro atoms. The quantitative estimate of drug-likeness (QED) is 0.299. The molecule has 6 nitrogen and oxygen atoms in total. The van der Waals surface area contributed by atoms with E-state index in [2.05, 4.69) is 21.7 Å². The normalized spacial score (nSPS) is 19.7. The van der Waals surface area contributed by atoms with Gasteiger partial charge in [-0.15, -0.1) is 24.0 Å². The smallest absolute Gasteiger partial charge is 0.308 e. The van der Waals surface area contributed by atoms with Gasteiger partial charge in [-0.2, -0.15) is 5.26 Å². The molecule has 7 heteroatoms. The van der Waals surface area contributed by atoms with Crippen molar-refractivity contribution >= 4 is 35.9 Å². The summed E-state index contributed by atoms with van der Waals surface area (Å²) in [4.78, 5) is 16.1. The molecule has 0 aliphatic heterocycles. The predicted octanol–water partition coefficient (Wildman–Crippen LogP) is 2.96. The molecule has 0 atom stereocenters. The van der Waals surface area contributed by atoms with Crippen LogP contribution in [0.2, 0.25) is 0 Å². The number of benzene rings is 1. The third-order valence-corrected chi connectivity index (χ3v) is 4.43. The average Bonchev–Trinajstić information content (AvgIpc) is 2.66. The first-order chi connectivity index (χ1) is 12.2. The lowest BCUT2D eigenvalue weighted by Crippen LogP contribution is -2.45.